The van der Waals surface area contributed by atoms with E-state index in [0.717, 1.165) is 122 Å². The van der Waals surface area contributed by atoms with Gasteiger partial charge in [0.15, 0.2) is 0 Å². The quantitative estimate of drug-likeness (QED) is 0.0833. The van der Waals surface area contributed by atoms with Crippen molar-refractivity contribution >= 4 is 18.1 Å². The number of halogens is 12. The molecule has 0 spiro atoms. The van der Waals surface area contributed by atoms with Gasteiger partial charge in [-0.25, -0.2) is 9.59 Å². The van der Waals surface area contributed by atoms with Crippen molar-refractivity contribution in [1.82, 2.24) is 35.6 Å². The monoisotopic (exact) mass is 1400 g/mol. The molecule has 16 nitrogen and oxygen atoms in total. The second-order valence-electron chi connectivity index (χ2n) is 24.5. The van der Waals surface area contributed by atoms with Crippen LogP contribution in [0.4, 0.5) is 62.3 Å². The van der Waals surface area contributed by atoms with Crippen LogP contribution in [0.15, 0.2) is 133 Å². The molecule has 6 aromatic rings. The molecule has 0 aliphatic carbocycles. The lowest BCUT2D eigenvalue weighted by Crippen LogP contribution is -2.50. The van der Waals surface area contributed by atoms with Crippen molar-refractivity contribution in [3.8, 4) is 23.0 Å². The number of carbonyl (C=O) groups is 3. The lowest BCUT2D eigenvalue weighted by molar-refractivity contribution is -0.138. The highest BCUT2D eigenvalue weighted by Gasteiger charge is 2.40. The summed E-state index contributed by atoms with van der Waals surface area (Å²) in [5.74, 6) is 1.31. The van der Waals surface area contributed by atoms with E-state index in [9.17, 15) is 67.1 Å². The summed E-state index contributed by atoms with van der Waals surface area (Å²) in [6, 6.07) is 33.6. The summed E-state index contributed by atoms with van der Waals surface area (Å²) in [6.45, 7) is 9.95. The molecule has 99 heavy (non-hydrogen) atoms. The van der Waals surface area contributed by atoms with E-state index in [2.05, 4.69) is 25.8 Å². The van der Waals surface area contributed by atoms with Gasteiger partial charge in [-0.05, 0) is 90.4 Å². The Kier molecular flexibility index (Phi) is 24.5. The topological polar surface area (TPSA) is 156 Å². The van der Waals surface area contributed by atoms with Crippen molar-refractivity contribution in [2.45, 2.75) is 100 Å². The molecular formula is C71H77F12N7O9. The fourth-order valence-corrected chi connectivity index (χ4v) is 12.9. The highest BCUT2D eigenvalue weighted by molar-refractivity contribution is 5.79. The third kappa shape index (κ3) is 19.9. The number of nitrogens with zero attached hydrogens (tertiary/aromatic N) is 4. The number of alkyl carbamates (subject to hydrolysis) is 1. The second-order valence-corrected chi connectivity index (χ2v) is 24.5. The number of piperazine rings is 3. The molecule has 0 aromatic heterocycles. The van der Waals surface area contributed by atoms with Gasteiger partial charge >= 0.3 is 36.9 Å². The third-order valence-corrected chi connectivity index (χ3v) is 18.1. The van der Waals surface area contributed by atoms with Gasteiger partial charge in [-0.1, -0.05) is 84.9 Å². The van der Waals surface area contributed by atoms with Crippen LogP contribution in [0, 0.1) is 0 Å². The number of hydrogen-bond acceptors (Lipinski definition) is 13. The van der Waals surface area contributed by atoms with E-state index in [1.807, 2.05) is 60.7 Å². The second kappa shape index (κ2) is 33.1. The molecule has 534 valence electrons. The fraction of sp³-hybridized carbons (Fsp3) is 0.451. The predicted octanol–water partition coefficient (Wildman–Crippen LogP) is 14.2. The van der Waals surface area contributed by atoms with Gasteiger partial charge in [-0.2, -0.15) is 52.7 Å². The van der Waals surface area contributed by atoms with Crippen molar-refractivity contribution in [3.05, 3.63) is 189 Å². The van der Waals surface area contributed by atoms with Gasteiger partial charge in [0, 0.05) is 120 Å². The number of ether oxygens (including phenoxy) is 6. The highest BCUT2D eigenvalue weighted by atomic mass is 19.4. The fourth-order valence-electron chi connectivity index (χ4n) is 12.9. The molecular weight excluding hydrogens is 1320 g/mol. The summed E-state index contributed by atoms with van der Waals surface area (Å²) in [5, 5.41) is 8.97. The molecule has 3 fully saturated rings. The van der Waals surface area contributed by atoms with Gasteiger partial charge < -0.3 is 54.2 Å². The molecule has 6 aromatic carbocycles. The first-order chi connectivity index (χ1) is 47.4. The summed E-state index contributed by atoms with van der Waals surface area (Å²) in [4.78, 5) is 44.0. The number of amides is 3. The van der Waals surface area contributed by atoms with Gasteiger partial charge in [-0.15, -0.1) is 0 Å². The van der Waals surface area contributed by atoms with E-state index in [1.165, 1.54) is 18.2 Å². The van der Waals surface area contributed by atoms with Crippen molar-refractivity contribution in [3.63, 3.8) is 0 Å². The Balaban J connectivity index is 0.000000145. The molecule has 13 rings (SSSR count). The van der Waals surface area contributed by atoms with Crippen molar-refractivity contribution in [2.24, 2.45) is 0 Å². The van der Waals surface area contributed by atoms with E-state index in [0.29, 0.717) is 114 Å². The maximum absolute atomic E-state index is 13.0. The Morgan fingerprint density at radius 1 is 0.465 bits per heavy atom. The molecule has 7 aliphatic heterocycles. The van der Waals surface area contributed by atoms with Gasteiger partial charge in [0.2, 0.25) is 5.91 Å². The van der Waals surface area contributed by atoms with Crippen LogP contribution in [0.1, 0.15) is 118 Å². The summed E-state index contributed by atoms with van der Waals surface area (Å²) < 4.78 is 186. The summed E-state index contributed by atoms with van der Waals surface area (Å²) >= 11 is 0. The van der Waals surface area contributed by atoms with Crippen LogP contribution in [0.25, 0.3) is 0 Å². The number of nitrogens with one attached hydrogen (secondary N) is 3. The first-order valence-corrected chi connectivity index (χ1v) is 32.8. The lowest BCUT2D eigenvalue weighted by Gasteiger charge is -2.41. The van der Waals surface area contributed by atoms with Crippen molar-refractivity contribution in [1.29, 1.82) is 0 Å². The molecule has 28 heteroatoms. The Hall–Kier alpha value is -8.47. The molecule has 7 heterocycles. The molecule has 7 aliphatic rings. The average Bonchev–Trinajstić information content (AvgIpc) is 0.811. The zero-order valence-corrected chi connectivity index (χ0v) is 54.0. The van der Waals surface area contributed by atoms with E-state index < -0.39 is 53.1 Å². The molecule has 0 saturated carbocycles. The summed E-state index contributed by atoms with van der Waals surface area (Å²) in [7, 11) is 0. The normalized spacial score (nSPS) is 20.2. The van der Waals surface area contributed by atoms with Crippen LogP contribution in [0.5, 0.6) is 23.0 Å². The first-order valence-electron chi connectivity index (χ1n) is 32.8. The standard InChI is InChI=1S/C22H23F3N2O3.C21H22F3NO3.C14H15F3N2O2.C14H17F3N2O/c23-22(24,25)17-6-7-18-19(8-13-29-20(18)14-17)26-9-11-27(12-10-26)21(28)30-15-16-4-2-1-3-5-16;22-21(23,24)17-8-9-18-16(10-12-27-19(18)13-17)7-4-11-25-20(26)28-14-15-5-2-1-3-6-15;15-14(16,17)9-1-2-10-11(3-6-21-12(10)7-9)19-5-4-18-8-13(19)20;15-14(16,17)10-1-2-11-12(3-8-20-13(11)9-10)19-6-4-18-5-7-19/h1-7,14,19H,8-13,15H2;1-3,5-6,8-9,13,16H,4,7,10-12,14H2,(H,25,26);1-2,7,11,18H,3-6,8H2;1-2,9,12,18H,3-8H2. The van der Waals surface area contributed by atoms with Crippen molar-refractivity contribution in [2.75, 3.05) is 105 Å². The Morgan fingerprint density at radius 2 is 0.869 bits per heavy atom. The molecule has 4 atom stereocenters. The van der Waals surface area contributed by atoms with Crippen LogP contribution < -0.4 is 34.9 Å². The van der Waals surface area contributed by atoms with Gasteiger partial charge in [0.1, 0.15) is 36.2 Å². The van der Waals surface area contributed by atoms with E-state index >= 15 is 0 Å². The largest absolute Gasteiger partial charge is 0.493 e. The van der Waals surface area contributed by atoms with E-state index in [-0.39, 0.29) is 61.6 Å². The minimum absolute atomic E-state index is 0.0153. The number of alkyl halides is 12. The van der Waals surface area contributed by atoms with Crippen LogP contribution in [0.3, 0.4) is 0 Å². The van der Waals surface area contributed by atoms with Gasteiger partial charge in [0.25, 0.3) is 0 Å². The van der Waals surface area contributed by atoms with Crippen LogP contribution in [0.2, 0.25) is 0 Å². The number of benzene rings is 6. The molecule has 0 radical (unpaired) electrons. The van der Waals surface area contributed by atoms with Crippen LogP contribution in [-0.2, 0) is 52.2 Å². The Morgan fingerprint density at radius 3 is 1.33 bits per heavy atom. The molecule has 3 amide bonds. The minimum Gasteiger partial charge on any atom is -0.493 e. The highest BCUT2D eigenvalue weighted by Crippen LogP contribution is 2.45. The Labute approximate surface area is 564 Å². The maximum atomic E-state index is 13.0. The maximum Gasteiger partial charge on any atom is 0.416 e. The first kappa shape index (κ1) is 73.3. The SMILES string of the molecule is FC(F)(F)c1ccc2c(c1)OCCC2N1CCNCC1.O=C(NCCCC1CCOc2cc(C(F)(F)F)ccc21)OCc1ccccc1.O=C(OCc1ccccc1)N1CCN(C2CCOc3cc(C(F)(F)F)ccc32)CC1.O=C1CNCCN1C1CCOc2cc(C(F)(F)F)ccc21. The van der Waals surface area contributed by atoms with Crippen LogP contribution in [-0.4, -0.2) is 143 Å². The molecule has 0 bridgehead atoms. The zero-order valence-electron chi connectivity index (χ0n) is 54.0. The van der Waals surface area contributed by atoms with Gasteiger partial charge in [-0.3, -0.25) is 14.6 Å². The predicted molar refractivity (Wildman–Crippen MR) is 340 cm³/mol. The van der Waals surface area contributed by atoms with E-state index in [4.69, 9.17) is 28.4 Å². The lowest BCUT2D eigenvalue weighted by atomic mass is 9.88. The zero-order chi connectivity index (χ0) is 70.3. The minimum atomic E-state index is -4.39. The number of fused-ring (bicyclic) bond motifs is 4. The van der Waals surface area contributed by atoms with Crippen LogP contribution >= 0.6 is 0 Å². The summed E-state index contributed by atoms with van der Waals surface area (Å²) in [6.07, 6.45) is -14.0. The molecule has 4 unspecified atom stereocenters. The molecule has 3 saturated heterocycles. The average molecular weight is 1400 g/mol. The molecule has 3 N–H and O–H groups in total. The number of hydrogen-bond donors (Lipinski definition) is 3. The van der Waals surface area contributed by atoms with Crippen molar-refractivity contribution < 1.29 is 95.5 Å². The number of rotatable bonds is 11. The smallest absolute Gasteiger partial charge is 0.416 e. The van der Waals surface area contributed by atoms with Gasteiger partial charge in [0.05, 0.1) is 61.3 Å². The third-order valence-electron chi connectivity index (χ3n) is 18.1. The summed E-state index contributed by atoms with van der Waals surface area (Å²) in [5.41, 5.74) is 2.18. The number of carbonyl (C=O) groups excluding carboxylic acids is 3. The van der Waals surface area contributed by atoms with E-state index in [1.54, 1.807) is 15.9 Å². The Bertz CT molecular complexity index is 3650.